The predicted octanol–water partition coefficient (Wildman–Crippen LogP) is 3.91. The molecular formula is C20H23NO5. The molecule has 0 aliphatic rings. The Hall–Kier alpha value is -3.02. The van der Waals surface area contributed by atoms with Crippen molar-refractivity contribution in [3.8, 4) is 11.5 Å². The SMILES string of the molecule is CCCOc1ccc(C(=O)Nc2ccc(C(=O)OC)cc2)cc1OCC. The van der Waals surface area contributed by atoms with Crippen LogP contribution in [0, 0.1) is 0 Å². The molecule has 2 aromatic carbocycles. The lowest BCUT2D eigenvalue weighted by atomic mass is 10.1. The summed E-state index contributed by atoms with van der Waals surface area (Å²) < 4.78 is 15.9. The molecule has 0 fully saturated rings. The highest BCUT2D eigenvalue weighted by atomic mass is 16.5. The average molecular weight is 357 g/mol. The maximum Gasteiger partial charge on any atom is 0.337 e. The lowest BCUT2D eigenvalue weighted by molar-refractivity contribution is 0.0600. The molecule has 0 unspecified atom stereocenters. The average Bonchev–Trinajstić information content (AvgIpc) is 2.67. The number of hydrogen-bond donors (Lipinski definition) is 1. The molecule has 1 amide bonds. The zero-order chi connectivity index (χ0) is 18.9. The van der Waals surface area contributed by atoms with E-state index in [1.165, 1.54) is 7.11 Å². The van der Waals surface area contributed by atoms with Crippen LogP contribution in [0.15, 0.2) is 42.5 Å². The molecule has 0 bridgehead atoms. The minimum Gasteiger partial charge on any atom is -0.490 e. The summed E-state index contributed by atoms with van der Waals surface area (Å²) in [5.41, 5.74) is 1.45. The van der Waals surface area contributed by atoms with Crippen LogP contribution in [0.5, 0.6) is 11.5 Å². The Balaban J connectivity index is 2.13. The summed E-state index contributed by atoms with van der Waals surface area (Å²) in [4.78, 5) is 23.9. The van der Waals surface area contributed by atoms with Crippen molar-refractivity contribution in [1.82, 2.24) is 0 Å². The third-order valence-electron chi connectivity index (χ3n) is 3.53. The zero-order valence-corrected chi connectivity index (χ0v) is 15.2. The van der Waals surface area contributed by atoms with E-state index >= 15 is 0 Å². The number of carbonyl (C=O) groups excluding carboxylic acids is 2. The van der Waals surface area contributed by atoms with E-state index in [0.717, 1.165) is 6.42 Å². The number of methoxy groups -OCH3 is 1. The number of ether oxygens (including phenoxy) is 3. The van der Waals surface area contributed by atoms with Crippen molar-refractivity contribution in [2.24, 2.45) is 0 Å². The zero-order valence-electron chi connectivity index (χ0n) is 15.2. The highest BCUT2D eigenvalue weighted by molar-refractivity contribution is 6.04. The quantitative estimate of drug-likeness (QED) is 0.725. The van der Waals surface area contributed by atoms with Crippen LogP contribution >= 0.6 is 0 Å². The van der Waals surface area contributed by atoms with Crippen molar-refractivity contribution in [2.45, 2.75) is 20.3 Å². The molecule has 2 rings (SSSR count). The van der Waals surface area contributed by atoms with Gasteiger partial charge in [-0.05, 0) is 55.8 Å². The molecule has 6 heteroatoms. The molecule has 1 N–H and O–H groups in total. The first-order valence-electron chi connectivity index (χ1n) is 8.48. The van der Waals surface area contributed by atoms with Crippen LogP contribution in [-0.4, -0.2) is 32.2 Å². The van der Waals surface area contributed by atoms with Gasteiger partial charge in [0.25, 0.3) is 5.91 Å². The molecule has 0 heterocycles. The number of anilines is 1. The predicted molar refractivity (Wildman–Crippen MR) is 99.1 cm³/mol. The number of hydrogen-bond acceptors (Lipinski definition) is 5. The van der Waals surface area contributed by atoms with Gasteiger partial charge in [0.2, 0.25) is 0 Å². The smallest absolute Gasteiger partial charge is 0.337 e. The number of esters is 1. The highest BCUT2D eigenvalue weighted by Crippen LogP contribution is 2.29. The van der Waals surface area contributed by atoms with Gasteiger partial charge in [-0.25, -0.2) is 4.79 Å². The lowest BCUT2D eigenvalue weighted by Crippen LogP contribution is -2.12. The van der Waals surface area contributed by atoms with Gasteiger partial charge in [0.1, 0.15) is 0 Å². The van der Waals surface area contributed by atoms with Crippen molar-refractivity contribution in [3.63, 3.8) is 0 Å². The Morgan fingerprint density at radius 3 is 2.23 bits per heavy atom. The Morgan fingerprint density at radius 1 is 0.923 bits per heavy atom. The van der Waals surface area contributed by atoms with Crippen LogP contribution in [0.25, 0.3) is 0 Å². The third kappa shape index (κ3) is 4.99. The number of nitrogens with one attached hydrogen (secondary N) is 1. The van der Waals surface area contributed by atoms with Crippen LogP contribution in [-0.2, 0) is 4.74 Å². The molecule has 0 aliphatic carbocycles. The van der Waals surface area contributed by atoms with Gasteiger partial charge in [-0.2, -0.15) is 0 Å². The molecule has 0 aromatic heterocycles. The van der Waals surface area contributed by atoms with Gasteiger partial charge in [0.05, 0.1) is 25.9 Å². The van der Waals surface area contributed by atoms with Gasteiger partial charge in [0.15, 0.2) is 11.5 Å². The largest absolute Gasteiger partial charge is 0.490 e. The fourth-order valence-corrected chi connectivity index (χ4v) is 2.26. The van der Waals surface area contributed by atoms with Crippen molar-refractivity contribution >= 4 is 17.6 Å². The van der Waals surface area contributed by atoms with Crippen LogP contribution in [0.2, 0.25) is 0 Å². The van der Waals surface area contributed by atoms with Crippen LogP contribution in [0.3, 0.4) is 0 Å². The summed E-state index contributed by atoms with van der Waals surface area (Å²) in [5, 5.41) is 2.79. The fourth-order valence-electron chi connectivity index (χ4n) is 2.26. The topological polar surface area (TPSA) is 73.9 Å². The van der Waals surface area contributed by atoms with Crippen molar-refractivity contribution in [1.29, 1.82) is 0 Å². The van der Waals surface area contributed by atoms with E-state index in [2.05, 4.69) is 10.1 Å². The second kappa shape index (κ2) is 9.46. The Kier molecular flexibility index (Phi) is 7.02. The first kappa shape index (κ1) is 19.3. The van der Waals surface area contributed by atoms with Gasteiger partial charge in [0, 0.05) is 11.3 Å². The third-order valence-corrected chi connectivity index (χ3v) is 3.53. The number of rotatable bonds is 8. The standard InChI is InChI=1S/C20H23NO5/c1-4-12-26-17-11-8-15(13-18(17)25-5-2)19(22)21-16-9-6-14(7-10-16)20(23)24-3/h6-11,13H,4-5,12H2,1-3H3,(H,21,22). The van der Waals surface area contributed by atoms with Gasteiger partial charge in [-0.15, -0.1) is 0 Å². The van der Waals surface area contributed by atoms with E-state index in [0.29, 0.717) is 41.5 Å². The molecule has 0 atom stereocenters. The molecule has 0 spiro atoms. The summed E-state index contributed by atoms with van der Waals surface area (Å²) in [7, 11) is 1.32. The second-order valence-electron chi connectivity index (χ2n) is 5.47. The first-order valence-corrected chi connectivity index (χ1v) is 8.48. The number of carbonyl (C=O) groups is 2. The summed E-state index contributed by atoms with van der Waals surface area (Å²) >= 11 is 0. The lowest BCUT2D eigenvalue weighted by Gasteiger charge is -2.13. The Morgan fingerprint density at radius 2 is 1.62 bits per heavy atom. The van der Waals surface area contributed by atoms with E-state index in [1.54, 1.807) is 42.5 Å². The van der Waals surface area contributed by atoms with Gasteiger partial charge in [-0.1, -0.05) is 6.92 Å². The molecule has 26 heavy (non-hydrogen) atoms. The van der Waals surface area contributed by atoms with E-state index in [9.17, 15) is 9.59 Å². The van der Waals surface area contributed by atoms with Crippen LogP contribution < -0.4 is 14.8 Å². The molecule has 0 saturated heterocycles. The minimum absolute atomic E-state index is 0.279. The normalized spacial score (nSPS) is 10.1. The second-order valence-corrected chi connectivity index (χ2v) is 5.47. The van der Waals surface area contributed by atoms with Crippen molar-refractivity contribution < 1.29 is 23.8 Å². The minimum atomic E-state index is -0.424. The summed E-state index contributed by atoms with van der Waals surface area (Å²) in [6, 6.07) is 11.6. The maximum absolute atomic E-state index is 12.5. The van der Waals surface area contributed by atoms with Gasteiger partial charge < -0.3 is 19.5 Å². The first-order chi connectivity index (χ1) is 12.6. The summed E-state index contributed by atoms with van der Waals surface area (Å²) in [6.07, 6.45) is 0.884. The molecule has 2 aromatic rings. The maximum atomic E-state index is 12.5. The molecule has 138 valence electrons. The van der Waals surface area contributed by atoms with Crippen molar-refractivity contribution in [3.05, 3.63) is 53.6 Å². The summed E-state index contributed by atoms with van der Waals surface area (Å²) in [6.45, 7) is 4.95. The van der Waals surface area contributed by atoms with E-state index < -0.39 is 5.97 Å². The van der Waals surface area contributed by atoms with E-state index in [-0.39, 0.29) is 5.91 Å². The highest BCUT2D eigenvalue weighted by Gasteiger charge is 2.12. The Labute approximate surface area is 153 Å². The Bertz CT molecular complexity index is 755. The van der Waals surface area contributed by atoms with Gasteiger partial charge in [-0.3, -0.25) is 4.79 Å². The van der Waals surface area contributed by atoms with E-state index in [4.69, 9.17) is 9.47 Å². The molecule has 0 aliphatic heterocycles. The summed E-state index contributed by atoms with van der Waals surface area (Å²) in [5.74, 6) is 0.452. The molecular weight excluding hydrogens is 334 g/mol. The monoisotopic (exact) mass is 357 g/mol. The van der Waals surface area contributed by atoms with Gasteiger partial charge >= 0.3 is 5.97 Å². The van der Waals surface area contributed by atoms with Crippen LogP contribution in [0.1, 0.15) is 41.0 Å². The molecule has 6 nitrogen and oxygen atoms in total. The molecule has 0 radical (unpaired) electrons. The van der Waals surface area contributed by atoms with Crippen molar-refractivity contribution in [2.75, 3.05) is 25.6 Å². The number of amides is 1. The van der Waals surface area contributed by atoms with E-state index in [1.807, 2.05) is 13.8 Å². The number of benzene rings is 2. The molecule has 0 saturated carbocycles. The van der Waals surface area contributed by atoms with Crippen LogP contribution in [0.4, 0.5) is 5.69 Å². The fraction of sp³-hybridized carbons (Fsp3) is 0.300.